The highest BCUT2D eigenvalue weighted by Crippen LogP contribution is 1.85. The monoisotopic (exact) mass is 152 g/mol. The number of methoxy groups -OCH3 is 1. The van der Waals surface area contributed by atoms with Crippen molar-refractivity contribution < 1.29 is 9.47 Å². The Morgan fingerprint density at radius 1 is 1.22 bits per heavy atom. The molecule has 0 unspecified atom stereocenters. The van der Waals surface area contributed by atoms with Gasteiger partial charge in [-0.2, -0.15) is 0 Å². The smallest absolute Gasteiger partial charge is 0.0700 e. The highest BCUT2D eigenvalue weighted by molar-refractivity contribution is 6.17. The SMILES string of the molecule is COCCOCCCCl. The molecule has 0 spiro atoms. The molecule has 0 heterocycles. The second-order valence-electron chi connectivity index (χ2n) is 1.65. The first-order valence-corrected chi connectivity index (χ1v) is 3.58. The van der Waals surface area contributed by atoms with Crippen LogP contribution in [0.4, 0.5) is 0 Å². The Hall–Kier alpha value is 0.210. The van der Waals surface area contributed by atoms with Crippen LogP contribution in [0.5, 0.6) is 0 Å². The maximum absolute atomic E-state index is 5.40. The van der Waals surface area contributed by atoms with Gasteiger partial charge in [-0.25, -0.2) is 0 Å². The quantitative estimate of drug-likeness (QED) is 0.422. The molecule has 0 fully saturated rings. The van der Waals surface area contributed by atoms with Gasteiger partial charge in [0.2, 0.25) is 0 Å². The summed E-state index contributed by atoms with van der Waals surface area (Å²) in [4.78, 5) is 0. The molecule has 0 aromatic carbocycles. The van der Waals surface area contributed by atoms with Gasteiger partial charge < -0.3 is 9.47 Å². The molecule has 0 amide bonds. The van der Waals surface area contributed by atoms with Crippen molar-refractivity contribution in [1.29, 1.82) is 0 Å². The average molecular weight is 153 g/mol. The predicted octanol–water partition coefficient (Wildman–Crippen LogP) is 1.28. The summed E-state index contributed by atoms with van der Waals surface area (Å²) in [5.41, 5.74) is 0. The van der Waals surface area contributed by atoms with E-state index in [9.17, 15) is 0 Å². The third kappa shape index (κ3) is 8.21. The lowest BCUT2D eigenvalue weighted by molar-refractivity contribution is 0.0713. The molecule has 0 N–H and O–H groups in total. The summed E-state index contributed by atoms with van der Waals surface area (Å²) in [7, 11) is 1.66. The zero-order chi connectivity index (χ0) is 6.95. The Morgan fingerprint density at radius 2 is 2.00 bits per heavy atom. The summed E-state index contributed by atoms with van der Waals surface area (Å²) >= 11 is 5.40. The number of ether oxygens (including phenoxy) is 2. The van der Waals surface area contributed by atoms with E-state index >= 15 is 0 Å². The summed E-state index contributed by atoms with van der Waals surface area (Å²) < 4.78 is 9.87. The van der Waals surface area contributed by atoms with Crippen molar-refractivity contribution in [2.24, 2.45) is 0 Å². The summed E-state index contributed by atoms with van der Waals surface area (Å²) in [6.07, 6.45) is 0.922. The minimum absolute atomic E-state index is 0.669. The van der Waals surface area contributed by atoms with Crippen molar-refractivity contribution in [2.75, 3.05) is 32.8 Å². The maximum atomic E-state index is 5.40. The van der Waals surface area contributed by atoms with E-state index in [2.05, 4.69) is 0 Å². The highest BCUT2D eigenvalue weighted by atomic mass is 35.5. The maximum Gasteiger partial charge on any atom is 0.0700 e. The van der Waals surface area contributed by atoms with E-state index in [1.165, 1.54) is 0 Å². The second kappa shape index (κ2) is 8.21. The third-order valence-corrected chi connectivity index (χ3v) is 1.12. The van der Waals surface area contributed by atoms with E-state index in [4.69, 9.17) is 21.1 Å². The molecule has 0 saturated carbocycles. The van der Waals surface area contributed by atoms with Crippen molar-refractivity contribution in [3.05, 3.63) is 0 Å². The van der Waals surface area contributed by atoms with E-state index in [1.807, 2.05) is 0 Å². The van der Waals surface area contributed by atoms with E-state index in [0.717, 1.165) is 13.0 Å². The molecule has 0 atom stereocenters. The van der Waals surface area contributed by atoms with E-state index in [0.29, 0.717) is 19.1 Å². The van der Waals surface area contributed by atoms with Gasteiger partial charge in [0, 0.05) is 19.6 Å². The minimum atomic E-state index is 0.669. The lowest BCUT2D eigenvalue weighted by Gasteiger charge is -1.99. The number of hydrogen-bond donors (Lipinski definition) is 0. The molecule has 0 aromatic rings. The second-order valence-corrected chi connectivity index (χ2v) is 2.03. The van der Waals surface area contributed by atoms with Crippen molar-refractivity contribution >= 4 is 11.6 Å². The van der Waals surface area contributed by atoms with Crippen LogP contribution in [0, 0.1) is 0 Å². The molecule has 56 valence electrons. The van der Waals surface area contributed by atoms with Crippen LogP contribution < -0.4 is 0 Å². The molecular formula is C6H13ClO2. The van der Waals surface area contributed by atoms with Crippen molar-refractivity contribution in [1.82, 2.24) is 0 Å². The van der Waals surface area contributed by atoms with Gasteiger partial charge in [0.15, 0.2) is 0 Å². The van der Waals surface area contributed by atoms with Gasteiger partial charge in [-0.15, -0.1) is 11.6 Å². The summed E-state index contributed by atoms with van der Waals surface area (Å²) in [5.74, 6) is 0.674. The van der Waals surface area contributed by atoms with Crippen LogP contribution in [0.1, 0.15) is 6.42 Å². The number of alkyl halides is 1. The Morgan fingerprint density at radius 3 is 2.56 bits per heavy atom. The molecule has 0 radical (unpaired) electrons. The van der Waals surface area contributed by atoms with Gasteiger partial charge in [0.05, 0.1) is 13.2 Å². The van der Waals surface area contributed by atoms with Gasteiger partial charge in [0.1, 0.15) is 0 Å². The van der Waals surface area contributed by atoms with Gasteiger partial charge in [-0.1, -0.05) is 0 Å². The molecule has 0 aliphatic heterocycles. The first kappa shape index (κ1) is 9.21. The standard InChI is InChI=1S/C6H13ClO2/c1-8-5-6-9-4-2-3-7/h2-6H2,1H3. The Labute approximate surface area is 61.1 Å². The van der Waals surface area contributed by atoms with Gasteiger partial charge >= 0.3 is 0 Å². The average Bonchev–Trinajstić information content (AvgIpc) is 1.89. The molecule has 3 heteroatoms. The summed E-state index contributed by atoms with van der Waals surface area (Å²) in [6, 6.07) is 0. The number of halogens is 1. The largest absolute Gasteiger partial charge is 0.382 e. The van der Waals surface area contributed by atoms with Crippen LogP contribution in [-0.2, 0) is 9.47 Å². The lowest BCUT2D eigenvalue weighted by Crippen LogP contribution is -2.02. The third-order valence-electron chi connectivity index (χ3n) is 0.854. The van der Waals surface area contributed by atoms with E-state index < -0.39 is 0 Å². The van der Waals surface area contributed by atoms with Gasteiger partial charge in [-0.3, -0.25) is 0 Å². The first-order valence-electron chi connectivity index (χ1n) is 3.04. The van der Waals surface area contributed by atoms with E-state index in [1.54, 1.807) is 7.11 Å². The van der Waals surface area contributed by atoms with E-state index in [-0.39, 0.29) is 0 Å². The molecule has 9 heavy (non-hydrogen) atoms. The molecule has 0 aromatic heterocycles. The normalized spacial score (nSPS) is 10.0. The van der Waals surface area contributed by atoms with Crippen LogP contribution >= 0.6 is 11.6 Å². The Bertz CT molecular complexity index is 44.3. The minimum Gasteiger partial charge on any atom is -0.382 e. The molecule has 0 rings (SSSR count). The van der Waals surface area contributed by atoms with Gasteiger partial charge in [0.25, 0.3) is 0 Å². The number of rotatable bonds is 6. The predicted molar refractivity (Wildman–Crippen MR) is 38.0 cm³/mol. The fourth-order valence-electron chi connectivity index (χ4n) is 0.401. The molecule has 0 saturated heterocycles. The van der Waals surface area contributed by atoms with Crippen LogP contribution in [0.25, 0.3) is 0 Å². The number of hydrogen-bond acceptors (Lipinski definition) is 2. The zero-order valence-electron chi connectivity index (χ0n) is 5.73. The fourth-order valence-corrected chi connectivity index (χ4v) is 0.510. The molecular weight excluding hydrogens is 140 g/mol. The Kier molecular flexibility index (Phi) is 8.40. The first-order chi connectivity index (χ1) is 4.41. The molecule has 0 aliphatic carbocycles. The highest BCUT2D eigenvalue weighted by Gasteiger charge is 1.85. The van der Waals surface area contributed by atoms with Gasteiger partial charge in [-0.05, 0) is 6.42 Å². The van der Waals surface area contributed by atoms with Crippen LogP contribution in [-0.4, -0.2) is 32.8 Å². The fraction of sp³-hybridized carbons (Fsp3) is 1.00. The zero-order valence-corrected chi connectivity index (χ0v) is 6.49. The summed E-state index contributed by atoms with van der Waals surface area (Å²) in [5, 5.41) is 0. The lowest BCUT2D eigenvalue weighted by atomic mass is 10.5. The topological polar surface area (TPSA) is 18.5 Å². The van der Waals surface area contributed by atoms with Crippen molar-refractivity contribution in [2.45, 2.75) is 6.42 Å². The van der Waals surface area contributed by atoms with Crippen LogP contribution in [0.15, 0.2) is 0 Å². The molecule has 2 nitrogen and oxygen atoms in total. The van der Waals surface area contributed by atoms with Crippen LogP contribution in [0.2, 0.25) is 0 Å². The van der Waals surface area contributed by atoms with Crippen LogP contribution in [0.3, 0.4) is 0 Å². The molecule has 0 bridgehead atoms. The summed E-state index contributed by atoms with van der Waals surface area (Å²) in [6.45, 7) is 2.09. The van der Waals surface area contributed by atoms with Crippen molar-refractivity contribution in [3.63, 3.8) is 0 Å². The van der Waals surface area contributed by atoms with Crippen molar-refractivity contribution in [3.8, 4) is 0 Å². The molecule has 0 aliphatic rings. The Balaban J connectivity index is 2.60.